The highest BCUT2D eigenvalue weighted by Gasteiger charge is 2.34. The molecule has 3 heterocycles. The fourth-order valence-electron chi connectivity index (χ4n) is 3.94. The van der Waals surface area contributed by atoms with Crippen LogP contribution in [0.3, 0.4) is 0 Å². The minimum atomic E-state index is -1.03. The van der Waals surface area contributed by atoms with E-state index in [0.717, 1.165) is 0 Å². The lowest BCUT2D eigenvalue weighted by Crippen LogP contribution is -2.41. The fraction of sp³-hybridized carbons (Fsp3) is 0.391. The second-order valence-electron chi connectivity index (χ2n) is 8.97. The van der Waals surface area contributed by atoms with Gasteiger partial charge in [-0.25, -0.2) is 9.78 Å². The number of urea groups is 1. The number of anilines is 3. The summed E-state index contributed by atoms with van der Waals surface area (Å²) in [7, 11) is 4.80. The number of para-hydroxylation sites is 1. The van der Waals surface area contributed by atoms with E-state index in [0.29, 0.717) is 41.6 Å². The number of methoxy groups -OCH3 is 1. The van der Waals surface area contributed by atoms with Crippen LogP contribution in [0.25, 0.3) is 11.4 Å². The van der Waals surface area contributed by atoms with Crippen molar-refractivity contribution >= 4 is 29.1 Å². The van der Waals surface area contributed by atoms with E-state index >= 15 is 0 Å². The number of hydrogen-bond acceptors (Lipinski definition) is 9. The number of β-amino-alcohol motifs (C(OH)–C–C–N with tert-alkyl or cyclic N) is 1. The number of aromatic nitrogens is 5. The first kappa shape index (κ1) is 24.9. The molecule has 1 aliphatic rings. The first-order valence-corrected chi connectivity index (χ1v) is 11.3. The Morgan fingerprint density at radius 2 is 2.00 bits per heavy atom. The number of carbonyl (C=O) groups excluding carboxylic acids is 2. The van der Waals surface area contributed by atoms with E-state index in [1.807, 2.05) is 12.1 Å². The van der Waals surface area contributed by atoms with Crippen LogP contribution in [-0.2, 0) is 7.05 Å². The van der Waals surface area contributed by atoms with Gasteiger partial charge in [0.1, 0.15) is 6.33 Å². The molecule has 3 N–H and O–H groups in total. The SMILES string of the molecule is CNC(=O)c1nnc(N2CCN(CC(C)(C)O)C2=O)cc1Nc1cccc(-c2ncn(C)n2)c1OC. The number of nitrogens with zero attached hydrogens (tertiary/aromatic N) is 7. The molecule has 0 bridgehead atoms. The molecule has 0 unspecified atom stereocenters. The summed E-state index contributed by atoms with van der Waals surface area (Å²) < 4.78 is 7.25. The van der Waals surface area contributed by atoms with Crippen LogP contribution in [0.4, 0.5) is 22.0 Å². The Morgan fingerprint density at radius 1 is 1.22 bits per heavy atom. The summed E-state index contributed by atoms with van der Waals surface area (Å²) in [6, 6.07) is 6.71. The molecule has 3 amide bonds. The quantitative estimate of drug-likeness (QED) is 0.421. The van der Waals surface area contributed by atoms with Gasteiger partial charge in [-0.1, -0.05) is 6.07 Å². The van der Waals surface area contributed by atoms with Crippen molar-refractivity contribution in [2.75, 3.05) is 44.0 Å². The number of hydrogen-bond donors (Lipinski definition) is 3. The molecule has 0 atom stereocenters. The molecule has 1 fully saturated rings. The predicted octanol–water partition coefficient (Wildman–Crippen LogP) is 1.40. The summed E-state index contributed by atoms with van der Waals surface area (Å²) in [6.07, 6.45) is 1.59. The predicted molar refractivity (Wildman–Crippen MR) is 132 cm³/mol. The number of carbonyl (C=O) groups is 2. The molecule has 36 heavy (non-hydrogen) atoms. The van der Waals surface area contributed by atoms with Crippen molar-refractivity contribution in [2.24, 2.45) is 7.05 Å². The lowest BCUT2D eigenvalue weighted by molar-refractivity contribution is 0.0526. The molecule has 0 saturated carbocycles. The molecule has 0 radical (unpaired) electrons. The van der Waals surface area contributed by atoms with Gasteiger partial charge in [-0.15, -0.1) is 10.2 Å². The maximum absolute atomic E-state index is 13.0. The van der Waals surface area contributed by atoms with Gasteiger partial charge < -0.3 is 25.4 Å². The highest BCUT2D eigenvalue weighted by molar-refractivity contribution is 6.00. The van der Waals surface area contributed by atoms with Gasteiger partial charge in [0.15, 0.2) is 23.1 Å². The second-order valence-corrected chi connectivity index (χ2v) is 8.97. The Hall–Kier alpha value is -4.26. The number of rotatable bonds is 8. The molecule has 4 rings (SSSR count). The average Bonchev–Trinajstić information content (AvgIpc) is 3.43. The van der Waals surface area contributed by atoms with Gasteiger partial charge in [0.05, 0.1) is 36.2 Å². The highest BCUT2D eigenvalue weighted by Crippen LogP contribution is 2.37. The van der Waals surface area contributed by atoms with Crippen molar-refractivity contribution in [3.05, 3.63) is 36.3 Å². The summed E-state index contributed by atoms with van der Waals surface area (Å²) in [4.78, 5) is 32.8. The van der Waals surface area contributed by atoms with Gasteiger partial charge in [-0.2, -0.15) is 5.10 Å². The smallest absolute Gasteiger partial charge is 0.325 e. The molecule has 1 aromatic carbocycles. The molecule has 190 valence electrons. The van der Waals surface area contributed by atoms with Crippen molar-refractivity contribution in [3.63, 3.8) is 0 Å². The van der Waals surface area contributed by atoms with E-state index in [1.54, 1.807) is 48.9 Å². The monoisotopic (exact) mass is 495 g/mol. The fourth-order valence-corrected chi connectivity index (χ4v) is 3.94. The Balaban J connectivity index is 1.71. The van der Waals surface area contributed by atoms with Crippen LogP contribution in [0.2, 0.25) is 0 Å². The third-order valence-electron chi connectivity index (χ3n) is 5.50. The maximum atomic E-state index is 13.0. The van der Waals surface area contributed by atoms with Crippen LogP contribution in [0.5, 0.6) is 5.75 Å². The number of aliphatic hydroxyl groups is 1. The average molecular weight is 496 g/mol. The van der Waals surface area contributed by atoms with E-state index in [1.165, 1.54) is 19.1 Å². The summed E-state index contributed by atoms with van der Waals surface area (Å²) >= 11 is 0. The molecule has 3 aromatic rings. The van der Waals surface area contributed by atoms with E-state index in [-0.39, 0.29) is 24.1 Å². The van der Waals surface area contributed by atoms with Crippen molar-refractivity contribution < 1.29 is 19.4 Å². The maximum Gasteiger partial charge on any atom is 0.325 e. The van der Waals surface area contributed by atoms with Gasteiger partial charge >= 0.3 is 6.03 Å². The molecular weight excluding hydrogens is 466 g/mol. The third-order valence-corrected chi connectivity index (χ3v) is 5.50. The largest absolute Gasteiger partial charge is 0.494 e. The van der Waals surface area contributed by atoms with Crippen LogP contribution in [-0.4, -0.2) is 86.3 Å². The zero-order valence-corrected chi connectivity index (χ0v) is 20.8. The lowest BCUT2D eigenvalue weighted by atomic mass is 10.1. The second kappa shape index (κ2) is 9.77. The van der Waals surface area contributed by atoms with Crippen LogP contribution >= 0.6 is 0 Å². The van der Waals surface area contributed by atoms with Crippen LogP contribution in [0, 0.1) is 0 Å². The van der Waals surface area contributed by atoms with E-state index < -0.39 is 11.5 Å². The van der Waals surface area contributed by atoms with E-state index in [4.69, 9.17) is 4.74 Å². The third kappa shape index (κ3) is 5.05. The molecule has 0 aliphatic carbocycles. The Bertz CT molecular complexity index is 1280. The molecule has 13 heteroatoms. The standard InChI is InChI=1S/C23H29N9O4/c1-23(2,35)12-31-9-10-32(22(31)34)17-11-16(18(28-27-17)21(33)24-3)26-15-8-6-7-14(19(15)36-5)20-25-13-30(4)29-20/h6-8,11,13,35H,9-10,12H2,1-5H3,(H,24,33)(H,26,27). The van der Waals surface area contributed by atoms with E-state index in [9.17, 15) is 14.7 Å². The van der Waals surface area contributed by atoms with Crippen molar-refractivity contribution in [2.45, 2.75) is 19.4 Å². The summed E-state index contributed by atoms with van der Waals surface area (Å²) in [5.41, 5.74) is 0.547. The molecular formula is C23H29N9O4. The molecule has 2 aromatic heterocycles. The molecule has 1 aliphatic heterocycles. The number of ether oxygens (including phenoxy) is 1. The molecule has 13 nitrogen and oxygen atoms in total. The number of nitrogens with one attached hydrogen (secondary N) is 2. The first-order valence-electron chi connectivity index (χ1n) is 11.3. The van der Waals surface area contributed by atoms with Gasteiger partial charge in [0.25, 0.3) is 5.91 Å². The highest BCUT2D eigenvalue weighted by atomic mass is 16.5. The summed E-state index contributed by atoms with van der Waals surface area (Å²) in [5.74, 6) is 0.774. The number of aryl methyl sites for hydroxylation is 1. The Labute approximate surface area is 208 Å². The van der Waals surface area contributed by atoms with Gasteiger partial charge in [-0.05, 0) is 26.0 Å². The van der Waals surface area contributed by atoms with Gasteiger partial charge in [0.2, 0.25) is 0 Å². The van der Waals surface area contributed by atoms with Gasteiger partial charge in [-0.3, -0.25) is 14.4 Å². The summed E-state index contributed by atoms with van der Waals surface area (Å²) in [6.45, 7) is 4.27. The summed E-state index contributed by atoms with van der Waals surface area (Å²) in [5, 5.41) is 28.5. The van der Waals surface area contributed by atoms with Crippen molar-refractivity contribution in [1.29, 1.82) is 0 Å². The Morgan fingerprint density at radius 3 is 2.64 bits per heavy atom. The Kier molecular flexibility index (Phi) is 6.75. The van der Waals surface area contributed by atoms with Crippen molar-refractivity contribution in [1.82, 2.24) is 35.2 Å². The van der Waals surface area contributed by atoms with Crippen LogP contribution in [0.15, 0.2) is 30.6 Å². The minimum absolute atomic E-state index is 0.0460. The topological polar surface area (TPSA) is 151 Å². The lowest BCUT2D eigenvalue weighted by Gasteiger charge is -2.25. The van der Waals surface area contributed by atoms with Crippen LogP contribution < -0.4 is 20.3 Å². The number of benzene rings is 1. The first-order chi connectivity index (χ1) is 17.1. The zero-order chi connectivity index (χ0) is 26.0. The van der Waals surface area contributed by atoms with Gasteiger partial charge in [0, 0.05) is 33.3 Å². The number of amides is 3. The molecule has 1 saturated heterocycles. The van der Waals surface area contributed by atoms with Crippen molar-refractivity contribution in [3.8, 4) is 17.1 Å². The van der Waals surface area contributed by atoms with E-state index in [2.05, 4.69) is 30.9 Å². The normalized spacial score (nSPS) is 13.8. The van der Waals surface area contributed by atoms with Crippen LogP contribution in [0.1, 0.15) is 24.3 Å². The molecule has 0 spiro atoms. The minimum Gasteiger partial charge on any atom is -0.494 e. The zero-order valence-electron chi connectivity index (χ0n) is 20.8.